The maximum Gasteiger partial charge on any atom is 0.241 e. The number of likely N-dealkylation sites (N-methyl/N-ethyl adjacent to an activating group) is 1. The van der Waals surface area contributed by atoms with Gasteiger partial charge in [0.2, 0.25) is 5.91 Å². The maximum absolute atomic E-state index is 12.0. The number of amides is 1. The quantitative estimate of drug-likeness (QED) is 0.570. The van der Waals surface area contributed by atoms with E-state index in [9.17, 15) is 4.79 Å². The van der Waals surface area contributed by atoms with Gasteiger partial charge in [0.05, 0.1) is 13.1 Å². The molecule has 6 nitrogen and oxygen atoms in total. The first kappa shape index (κ1) is 21.6. The van der Waals surface area contributed by atoms with E-state index in [1.54, 1.807) is 19.0 Å². The number of likely N-dealkylation sites (tertiary alicyclic amines) is 1. The Morgan fingerprint density at radius 3 is 2.41 bits per heavy atom. The maximum atomic E-state index is 12.0. The second kappa shape index (κ2) is 11.2. The highest BCUT2D eigenvalue weighted by molar-refractivity contribution is 5.86. The molecule has 1 aliphatic carbocycles. The van der Waals surface area contributed by atoms with Gasteiger partial charge in [0.15, 0.2) is 5.96 Å². The number of carbonyl (C=O) groups excluding carboxylic acids is 1. The van der Waals surface area contributed by atoms with Gasteiger partial charge >= 0.3 is 0 Å². The van der Waals surface area contributed by atoms with Crippen LogP contribution in [0.2, 0.25) is 0 Å². The molecule has 0 spiro atoms. The molecule has 2 aliphatic rings. The third-order valence-corrected chi connectivity index (χ3v) is 6.13. The zero-order chi connectivity index (χ0) is 20.5. The molecule has 2 N–H and O–H groups in total. The van der Waals surface area contributed by atoms with E-state index in [0.717, 1.165) is 37.9 Å². The largest absolute Gasteiger partial charge is 0.354 e. The summed E-state index contributed by atoms with van der Waals surface area (Å²) >= 11 is 0. The Balaban J connectivity index is 1.53. The minimum atomic E-state index is 0.0475. The van der Waals surface area contributed by atoms with Crippen molar-refractivity contribution in [1.82, 2.24) is 20.4 Å². The molecule has 1 saturated carbocycles. The Morgan fingerprint density at radius 1 is 1.07 bits per heavy atom. The fraction of sp³-hybridized carbons (Fsp3) is 0.652. The molecule has 2 fully saturated rings. The summed E-state index contributed by atoms with van der Waals surface area (Å²) in [7, 11) is 3.55. The van der Waals surface area contributed by atoms with Crippen molar-refractivity contribution in [3.63, 3.8) is 0 Å². The lowest BCUT2D eigenvalue weighted by Gasteiger charge is -2.39. The van der Waals surface area contributed by atoms with Gasteiger partial charge in [0.1, 0.15) is 0 Å². The van der Waals surface area contributed by atoms with Crippen LogP contribution in [0.25, 0.3) is 0 Å². The SMILES string of the molecule is CN(C)C(=O)CNC(=NCc1ccccc1)NC1CCN(C2CCCCC2)CC1. The normalized spacial score (nSPS) is 19.7. The Labute approximate surface area is 175 Å². The highest BCUT2D eigenvalue weighted by atomic mass is 16.2. The first-order valence-electron chi connectivity index (χ1n) is 11.1. The van der Waals surface area contributed by atoms with E-state index >= 15 is 0 Å². The van der Waals surface area contributed by atoms with Gasteiger partial charge in [-0.15, -0.1) is 0 Å². The van der Waals surface area contributed by atoms with Crippen LogP contribution in [0.1, 0.15) is 50.5 Å². The summed E-state index contributed by atoms with van der Waals surface area (Å²) in [6.45, 7) is 3.18. The van der Waals surface area contributed by atoms with E-state index in [1.165, 1.54) is 37.7 Å². The van der Waals surface area contributed by atoms with Crippen molar-refractivity contribution < 1.29 is 4.79 Å². The number of benzene rings is 1. The zero-order valence-electron chi connectivity index (χ0n) is 18.1. The lowest BCUT2D eigenvalue weighted by atomic mass is 9.92. The summed E-state index contributed by atoms with van der Waals surface area (Å²) in [5, 5.41) is 6.81. The minimum Gasteiger partial charge on any atom is -0.354 e. The van der Waals surface area contributed by atoms with E-state index < -0.39 is 0 Å². The van der Waals surface area contributed by atoms with E-state index in [2.05, 4.69) is 27.7 Å². The van der Waals surface area contributed by atoms with Crippen molar-refractivity contribution in [3.05, 3.63) is 35.9 Å². The van der Waals surface area contributed by atoms with Gasteiger partial charge in [-0.1, -0.05) is 49.6 Å². The van der Waals surface area contributed by atoms with E-state index in [-0.39, 0.29) is 12.5 Å². The molecular weight excluding hydrogens is 362 g/mol. The van der Waals surface area contributed by atoms with Crippen LogP contribution in [0.3, 0.4) is 0 Å². The van der Waals surface area contributed by atoms with E-state index in [4.69, 9.17) is 4.99 Å². The first-order chi connectivity index (χ1) is 14.1. The molecule has 1 aromatic carbocycles. The summed E-state index contributed by atoms with van der Waals surface area (Å²) < 4.78 is 0. The molecule has 160 valence electrons. The number of nitrogens with zero attached hydrogens (tertiary/aromatic N) is 3. The van der Waals surface area contributed by atoms with Gasteiger partial charge in [-0.05, 0) is 31.2 Å². The van der Waals surface area contributed by atoms with Crippen molar-refractivity contribution >= 4 is 11.9 Å². The van der Waals surface area contributed by atoms with E-state index in [0.29, 0.717) is 12.6 Å². The van der Waals surface area contributed by atoms with E-state index in [1.807, 2.05) is 18.2 Å². The van der Waals surface area contributed by atoms with Gasteiger partial charge in [0, 0.05) is 39.3 Å². The Kier molecular flexibility index (Phi) is 8.35. The average Bonchev–Trinajstić information content (AvgIpc) is 2.77. The highest BCUT2D eigenvalue weighted by Gasteiger charge is 2.26. The van der Waals surface area contributed by atoms with Gasteiger partial charge in [-0.25, -0.2) is 4.99 Å². The second-order valence-corrected chi connectivity index (χ2v) is 8.54. The number of rotatable bonds is 6. The van der Waals surface area contributed by atoms with Crippen LogP contribution in [0.4, 0.5) is 0 Å². The Morgan fingerprint density at radius 2 is 1.76 bits per heavy atom. The molecule has 1 amide bonds. The summed E-state index contributed by atoms with van der Waals surface area (Å²) in [6.07, 6.45) is 9.19. The molecule has 0 aromatic heterocycles. The third-order valence-electron chi connectivity index (χ3n) is 6.13. The first-order valence-corrected chi connectivity index (χ1v) is 11.1. The summed E-state index contributed by atoms with van der Waals surface area (Å²) in [4.78, 5) is 21.0. The molecule has 1 aliphatic heterocycles. The van der Waals surface area contributed by atoms with Gasteiger partial charge in [-0.2, -0.15) is 0 Å². The highest BCUT2D eigenvalue weighted by Crippen LogP contribution is 2.25. The van der Waals surface area contributed by atoms with Crippen LogP contribution in [0.15, 0.2) is 35.3 Å². The molecule has 6 heteroatoms. The number of carbonyl (C=O) groups is 1. The molecule has 1 aromatic rings. The predicted molar refractivity (Wildman–Crippen MR) is 119 cm³/mol. The number of guanidine groups is 1. The average molecular weight is 400 g/mol. The smallest absolute Gasteiger partial charge is 0.241 e. The van der Waals surface area contributed by atoms with Crippen molar-refractivity contribution in [2.24, 2.45) is 4.99 Å². The predicted octanol–water partition coefficient (Wildman–Crippen LogP) is 2.61. The fourth-order valence-corrected chi connectivity index (χ4v) is 4.27. The molecule has 3 rings (SSSR count). The second-order valence-electron chi connectivity index (χ2n) is 8.54. The Bertz CT molecular complexity index is 646. The molecule has 0 atom stereocenters. The fourth-order valence-electron chi connectivity index (χ4n) is 4.27. The van der Waals surface area contributed by atoms with Crippen LogP contribution >= 0.6 is 0 Å². The van der Waals surface area contributed by atoms with Crippen molar-refractivity contribution in [1.29, 1.82) is 0 Å². The third kappa shape index (κ3) is 7.03. The number of hydrogen-bond donors (Lipinski definition) is 2. The van der Waals surface area contributed by atoms with Crippen LogP contribution in [0, 0.1) is 0 Å². The van der Waals surface area contributed by atoms with Crippen molar-refractivity contribution in [3.8, 4) is 0 Å². The van der Waals surface area contributed by atoms with Gasteiger partial charge in [-0.3, -0.25) is 4.79 Å². The number of piperidine rings is 1. The van der Waals surface area contributed by atoms with Crippen molar-refractivity contribution in [2.45, 2.75) is 63.6 Å². The summed E-state index contributed by atoms with van der Waals surface area (Å²) in [6, 6.07) is 11.4. The van der Waals surface area contributed by atoms with Gasteiger partial charge < -0.3 is 20.4 Å². The van der Waals surface area contributed by atoms with Gasteiger partial charge in [0.25, 0.3) is 0 Å². The van der Waals surface area contributed by atoms with Crippen molar-refractivity contribution in [2.75, 3.05) is 33.7 Å². The molecule has 1 saturated heterocycles. The van der Waals surface area contributed by atoms with Crippen LogP contribution < -0.4 is 10.6 Å². The van der Waals surface area contributed by atoms with Crippen LogP contribution in [-0.2, 0) is 11.3 Å². The lowest BCUT2D eigenvalue weighted by molar-refractivity contribution is -0.127. The number of aliphatic imine (C=N–C) groups is 1. The Hall–Kier alpha value is -2.08. The number of nitrogens with one attached hydrogen (secondary N) is 2. The molecule has 0 bridgehead atoms. The molecule has 0 radical (unpaired) electrons. The topological polar surface area (TPSA) is 60.0 Å². The lowest BCUT2D eigenvalue weighted by Crippen LogP contribution is -2.52. The minimum absolute atomic E-state index is 0.0475. The summed E-state index contributed by atoms with van der Waals surface area (Å²) in [5.74, 6) is 0.784. The van der Waals surface area contributed by atoms with Crippen LogP contribution in [0.5, 0.6) is 0 Å². The standard InChI is InChI=1S/C23H37N5O/c1-27(2)22(29)18-25-23(24-17-19-9-5-3-6-10-19)26-20-13-15-28(16-14-20)21-11-7-4-8-12-21/h3,5-6,9-10,20-21H,4,7-8,11-18H2,1-2H3,(H2,24,25,26). The van der Waals surface area contributed by atoms with Crippen LogP contribution in [-0.4, -0.2) is 67.5 Å². The molecule has 0 unspecified atom stereocenters. The number of hydrogen-bond acceptors (Lipinski definition) is 3. The zero-order valence-corrected chi connectivity index (χ0v) is 18.1. The summed E-state index contributed by atoms with van der Waals surface area (Å²) in [5.41, 5.74) is 1.17. The monoisotopic (exact) mass is 399 g/mol. The molecule has 1 heterocycles. The molecule has 29 heavy (non-hydrogen) atoms. The molecular formula is C23H37N5O.